The number of alkyl halides is 3. The predicted octanol–water partition coefficient (Wildman–Crippen LogP) is 3.18. The van der Waals surface area contributed by atoms with E-state index in [1.54, 1.807) is 6.07 Å². The van der Waals surface area contributed by atoms with Gasteiger partial charge in [0, 0.05) is 17.9 Å². The number of benzene rings is 2. The topological polar surface area (TPSA) is 87.3 Å². The second-order valence-corrected chi connectivity index (χ2v) is 7.31. The van der Waals surface area contributed by atoms with Crippen molar-refractivity contribution in [3.63, 3.8) is 0 Å². The lowest BCUT2D eigenvalue weighted by molar-refractivity contribution is -0.137. The Morgan fingerprint density at radius 2 is 1.77 bits per heavy atom. The second-order valence-electron chi connectivity index (χ2n) is 5.63. The highest BCUT2D eigenvalue weighted by Crippen LogP contribution is 2.30. The van der Waals surface area contributed by atoms with Gasteiger partial charge in [-0.25, -0.2) is 17.9 Å². The van der Waals surface area contributed by atoms with E-state index in [4.69, 9.17) is 0 Å². The molecule has 0 spiro atoms. The summed E-state index contributed by atoms with van der Waals surface area (Å²) in [6, 6.07) is 7.04. The summed E-state index contributed by atoms with van der Waals surface area (Å²) in [5.74, 6) is 0. The van der Waals surface area contributed by atoms with E-state index in [2.05, 4.69) is 10.6 Å². The molecule has 0 radical (unpaired) electrons. The Morgan fingerprint density at radius 3 is 2.42 bits per heavy atom. The van der Waals surface area contributed by atoms with E-state index in [0.717, 1.165) is 35.5 Å². The molecule has 138 valence electrons. The van der Waals surface area contributed by atoms with Gasteiger partial charge < -0.3 is 10.6 Å². The lowest BCUT2D eigenvalue weighted by Crippen LogP contribution is -2.34. The maximum atomic E-state index is 12.5. The van der Waals surface area contributed by atoms with Crippen LogP contribution in [0, 0.1) is 0 Å². The number of carbonyl (C=O) groups is 1. The Labute approximate surface area is 147 Å². The van der Waals surface area contributed by atoms with E-state index in [1.807, 2.05) is 4.72 Å². The average molecular weight is 385 g/mol. The van der Waals surface area contributed by atoms with Gasteiger partial charge in [0.15, 0.2) is 0 Å². The zero-order valence-corrected chi connectivity index (χ0v) is 14.0. The minimum Gasteiger partial charge on any atom is -0.384 e. The van der Waals surface area contributed by atoms with E-state index < -0.39 is 27.8 Å². The van der Waals surface area contributed by atoms with Crippen LogP contribution in [0.15, 0.2) is 47.4 Å². The van der Waals surface area contributed by atoms with Gasteiger partial charge in [0.05, 0.1) is 10.5 Å². The summed E-state index contributed by atoms with van der Waals surface area (Å²) in [7, 11) is -4.10. The smallest absolute Gasteiger partial charge is 0.384 e. The first-order valence-corrected chi connectivity index (χ1v) is 9.01. The Kier molecular flexibility index (Phi) is 4.53. The fraction of sp³-hybridized carbons (Fsp3) is 0.188. The molecule has 0 saturated heterocycles. The number of hydrogen-bond acceptors (Lipinski definition) is 4. The number of nitrogens with one attached hydrogen (secondary N) is 3. The number of urea groups is 1. The summed E-state index contributed by atoms with van der Waals surface area (Å²) in [5.41, 5.74) is 0.834. The van der Waals surface area contributed by atoms with Gasteiger partial charge in [0.1, 0.15) is 0 Å². The van der Waals surface area contributed by atoms with Crippen molar-refractivity contribution in [1.29, 1.82) is 0 Å². The maximum absolute atomic E-state index is 12.5. The largest absolute Gasteiger partial charge is 0.416 e. The molecule has 3 N–H and O–H groups in total. The minimum atomic E-state index is -4.49. The molecule has 0 unspecified atom stereocenters. The van der Waals surface area contributed by atoms with Crippen molar-refractivity contribution in [1.82, 2.24) is 4.72 Å². The number of anilines is 2. The molecule has 3 rings (SSSR count). The molecule has 2 aromatic carbocycles. The number of hydrogen-bond donors (Lipinski definition) is 3. The van der Waals surface area contributed by atoms with E-state index in [-0.39, 0.29) is 10.6 Å². The third kappa shape index (κ3) is 3.90. The predicted molar refractivity (Wildman–Crippen MR) is 89.4 cm³/mol. The first kappa shape index (κ1) is 18.1. The summed E-state index contributed by atoms with van der Waals surface area (Å²) in [5, 5.41) is 5.28. The monoisotopic (exact) mass is 385 g/mol. The number of rotatable bonds is 3. The lowest BCUT2D eigenvalue weighted by atomic mass is 10.2. The molecule has 1 aliphatic heterocycles. The highest BCUT2D eigenvalue weighted by atomic mass is 32.2. The molecule has 0 atom stereocenters. The van der Waals surface area contributed by atoms with Gasteiger partial charge in [-0.15, -0.1) is 0 Å². The number of fused-ring (bicyclic) bond motifs is 1. The first-order valence-electron chi connectivity index (χ1n) is 7.53. The van der Waals surface area contributed by atoms with Crippen LogP contribution in [0.2, 0.25) is 0 Å². The third-order valence-corrected chi connectivity index (χ3v) is 5.12. The van der Waals surface area contributed by atoms with Gasteiger partial charge in [-0.05, 0) is 54.4 Å². The molecule has 1 aliphatic rings. The Morgan fingerprint density at radius 1 is 1.08 bits per heavy atom. The quantitative estimate of drug-likeness (QED) is 0.757. The molecule has 6 nitrogen and oxygen atoms in total. The minimum absolute atomic E-state index is 0.0313. The SMILES string of the molecule is O=C(Nc1ccc(C(F)(F)F)cc1)NS(=O)(=O)c1ccc2c(c1)CCN2. The van der Waals surface area contributed by atoms with Gasteiger partial charge in [-0.1, -0.05) is 0 Å². The summed E-state index contributed by atoms with van der Waals surface area (Å²) < 4.78 is 63.9. The number of carbonyl (C=O) groups excluding carboxylic acids is 1. The van der Waals surface area contributed by atoms with E-state index >= 15 is 0 Å². The molecule has 0 fully saturated rings. The molecule has 2 amide bonds. The van der Waals surface area contributed by atoms with Crippen molar-refractivity contribution >= 4 is 27.4 Å². The fourth-order valence-corrected chi connectivity index (χ4v) is 3.49. The second kappa shape index (κ2) is 6.52. The molecular formula is C16H14F3N3O3S. The molecule has 0 aliphatic carbocycles. The maximum Gasteiger partial charge on any atom is 0.416 e. The fourth-order valence-electron chi connectivity index (χ4n) is 2.53. The van der Waals surface area contributed by atoms with Crippen molar-refractivity contribution in [2.75, 3.05) is 17.2 Å². The van der Waals surface area contributed by atoms with Crippen molar-refractivity contribution in [2.45, 2.75) is 17.5 Å². The first-order chi connectivity index (χ1) is 12.1. The molecule has 10 heteroatoms. The standard InChI is InChI=1S/C16H14F3N3O3S/c17-16(18,19)11-1-3-12(4-2-11)21-15(23)22-26(24,25)13-5-6-14-10(9-13)7-8-20-14/h1-6,9,20H,7-8H2,(H2,21,22,23). The van der Waals surface area contributed by atoms with Gasteiger partial charge in [-0.2, -0.15) is 13.2 Å². The van der Waals surface area contributed by atoms with Gasteiger partial charge >= 0.3 is 12.2 Å². The van der Waals surface area contributed by atoms with Crippen LogP contribution in [0.1, 0.15) is 11.1 Å². The third-order valence-electron chi connectivity index (χ3n) is 3.79. The van der Waals surface area contributed by atoms with Crippen LogP contribution in [0.4, 0.5) is 29.3 Å². The van der Waals surface area contributed by atoms with Crippen molar-refractivity contribution in [3.05, 3.63) is 53.6 Å². The molecule has 0 bridgehead atoms. The summed E-state index contributed by atoms with van der Waals surface area (Å²) in [6.07, 6.45) is -3.82. The number of halogens is 3. The highest BCUT2D eigenvalue weighted by molar-refractivity contribution is 7.90. The number of amides is 2. The van der Waals surface area contributed by atoms with Gasteiger partial charge in [-0.3, -0.25) is 0 Å². The van der Waals surface area contributed by atoms with Crippen LogP contribution in [0.25, 0.3) is 0 Å². The van der Waals surface area contributed by atoms with E-state index in [9.17, 15) is 26.4 Å². The van der Waals surface area contributed by atoms with Crippen LogP contribution in [0.3, 0.4) is 0 Å². The van der Waals surface area contributed by atoms with Crippen LogP contribution in [0.5, 0.6) is 0 Å². The van der Waals surface area contributed by atoms with Crippen molar-refractivity contribution in [3.8, 4) is 0 Å². The van der Waals surface area contributed by atoms with Crippen LogP contribution in [-0.4, -0.2) is 21.0 Å². The highest BCUT2D eigenvalue weighted by Gasteiger charge is 2.30. The zero-order valence-electron chi connectivity index (χ0n) is 13.2. The normalized spacial score (nSPS) is 13.7. The Balaban J connectivity index is 1.69. The van der Waals surface area contributed by atoms with Crippen molar-refractivity contribution in [2.24, 2.45) is 0 Å². The van der Waals surface area contributed by atoms with Gasteiger partial charge in [0.2, 0.25) is 0 Å². The molecule has 26 heavy (non-hydrogen) atoms. The lowest BCUT2D eigenvalue weighted by Gasteiger charge is -2.11. The van der Waals surface area contributed by atoms with E-state index in [1.165, 1.54) is 12.1 Å². The van der Waals surface area contributed by atoms with Gasteiger partial charge in [0.25, 0.3) is 10.0 Å². The number of sulfonamides is 1. The summed E-state index contributed by atoms with van der Waals surface area (Å²) in [4.78, 5) is 11.8. The molecule has 1 heterocycles. The molecule has 0 aromatic heterocycles. The summed E-state index contributed by atoms with van der Waals surface area (Å²) in [6.45, 7) is 0.709. The Bertz CT molecular complexity index is 941. The average Bonchev–Trinajstić information content (AvgIpc) is 3.01. The van der Waals surface area contributed by atoms with Crippen LogP contribution < -0.4 is 15.4 Å². The molecule has 2 aromatic rings. The van der Waals surface area contributed by atoms with Crippen molar-refractivity contribution < 1.29 is 26.4 Å². The van der Waals surface area contributed by atoms with Crippen LogP contribution in [-0.2, 0) is 22.6 Å². The zero-order chi connectivity index (χ0) is 18.9. The van der Waals surface area contributed by atoms with Crippen LogP contribution >= 0.6 is 0 Å². The summed E-state index contributed by atoms with van der Waals surface area (Å²) >= 11 is 0. The molecule has 0 saturated carbocycles. The molecular weight excluding hydrogens is 371 g/mol. The van der Waals surface area contributed by atoms with E-state index in [0.29, 0.717) is 13.0 Å². The Hall–Kier alpha value is -2.75.